The molecule has 0 aliphatic heterocycles. The van der Waals surface area contributed by atoms with Gasteiger partial charge in [-0.15, -0.1) is 4.72 Å². The van der Waals surface area contributed by atoms with Gasteiger partial charge in [-0.1, -0.05) is 40.6 Å². The number of amides is 1. The van der Waals surface area contributed by atoms with E-state index in [1.807, 2.05) is 19.9 Å². The largest absolute Gasteiger partial charge is 0.598 e. The van der Waals surface area contributed by atoms with Crippen LogP contribution in [0.3, 0.4) is 0 Å². The number of halogens is 2. The summed E-state index contributed by atoms with van der Waals surface area (Å²) in [5, 5.41) is 10.8. The predicted molar refractivity (Wildman–Crippen MR) is 122 cm³/mol. The molecule has 1 atom stereocenters. The van der Waals surface area contributed by atoms with E-state index >= 15 is 0 Å². The second kappa shape index (κ2) is 9.41. The Kier molecular flexibility index (Phi) is 7.86. The van der Waals surface area contributed by atoms with Gasteiger partial charge in [-0.2, -0.15) is 0 Å². The molecule has 6 nitrogen and oxygen atoms in total. The number of rotatable bonds is 7. The number of nitrogens with zero attached hydrogens (tertiary/aromatic N) is 2. The van der Waals surface area contributed by atoms with Crippen LogP contribution in [-0.4, -0.2) is 31.0 Å². The van der Waals surface area contributed by atoms with Gasteiger partial charge >= 0.3 is 6.09 Å². The van der Waals surface area contributed by atoms with Crippen molar-refractivity contribution in [2.45, 2.75) is 57.9 Å². The van der Waals surface area contributed by atoms with E-state index in [2.05, 4.69) is 9.71 Å². The summed E-state index contributed by atoms with van der Waals surface area (Å²) >= 11 is 11.9. The summed E-state index contributed by atoms with van der Waals surface area (Å²) in [6.45, 7) is 9.56. The Morgan fingerprint density at radius 1 is 1.28 bits per heavy atom. The van der Waals surface area contributed by atoms with Crippen LogP contribution >= 0.6 is 34.5 Å². The highest BCUT2D eigenvalue weighted by Crippen LogP contribution is 2.30. The molecule has 0 saturated heterocycles. The normalized spacial score (nSPS) is 13.4. The molecule has 0 spiro atoms. The van der Waals surface area contributed by atoms with Crippen LogP contribution in [0.25, 0.3) is 0 Å². The fraction of sp³-hybridized carbons (Fsp3) is 0.474. The number of benzene rings is 1. The van der Waals surface area contributed by atoms with E-state index in [1.54, 1.807) is 39.1 Å². The molecule has 1 aromatic heterocycles. The summed E-state index contributed by atoms with van der Waals surface area (Å²) in [4.78, 5) is 17.8. The second-order valence-electron chi connectivity index (χ2n) is 8.17. The number of hydrogen-bond acceptors (Lipinski definition) is 5. The number of anilines is 1. The molecule has 160 valence electrons. The SMILES string of the molecule is CC(C)(C)N(C(=O)O)c1ncc(CN[S@+]([O-])C(C)(C)Cc2ccc(Cl)c(Cl)c2)s1. The summed E-state index contributed by atoms with van der Waals surface area (Å²) < 4.78 is 15.3. The number of thiazole rings is 1. The lowest BCUT2D eigenvalue weighted by Crippen LogP contribution is -2.45. The van der Waals surface area contributed by atoms with Gasteiger partial charge in [-0.05, 0) is 52.3 Å². The van der Waals surface area contributed by atoms with Crippen molar-refractivity contribution in [3.63, 3.8) is 0 Å². The molecule has 2 rings (SSSR count). The Labute approximate surface area is 188 Å². The number of nitrogens with one attached hydrogen (secondary N) is 1. The minimum atomic E-state index is -1.35. The third-order valence-electron chi connectivity index (χ3n) is 4.09. The molecule has 0 aliphatic rings. The van der Waals surface area contributed by atoms with Crippen molar-refractivity contribution in [1.29, 1.82) is 0 Å². The van der Waals surface area contributed by atoms with Crippen LogP contribution in [0.2, 0.25) is 10.0 Å². The van der Waals surface area contributed by atoms with Gasteiger partial charge in [0, 0.05) is 34.4 Å². The maximum atomic E-state index is 12.8. The number of carboxylic acid groups (broad SMARTS) is 1. The molecule has 0 saturated carbocycles. The highest BCUT2D eigenvalue weighted by atomic mass is 35.5. The number of aromatic nitrogens is 1. The molecule has 0 fully saturated rings. The fourth-order valence-corrected chi connectivity index (χ4v) is 5.10. The Balaban J connectivity index is 2.02. The average Bonchev–Trinajstić information content (AvgIpc) is 3.02. The molecule has 0 unspecified atom stereocenters. The molecular formula is C19H25Cl2N3O3S2. The van der Waals surface area contributed by atoms with Gasteiger partial charge in [0.15, 0.2) is 5.13 Å². The first kappa shape index (κ1) is 24.2. The first-order valence-corrected chi connectivity index (χ1v) is 11.6. The van der Waals surface area contributed by atoms with Gasteiger partial charge in [0.1, 0.15) is 4.75 Å². The van der Waals surface area contributed by atoms with Crippen molar-refractivity contribution in [1.82, 2.24) is 9.71 Å². The summed E-state index contributed by atoms with van der Waals surface area (Å²) in [5.41, 5.74) is 0.334. The molecule has 1 amide bonds. The van der Waals surface area contributed by atoms with Gasteiger partial charge in [0.25, 0.3) is 0 Å². The van der Waals surface area contributed by atoms with Crippen molar-refractivity contribution in [3.05, 3.63) is 44.9 Å². The van der Waals surface area contributed by atoms with Gasteiger partial charge in [0.05, 0.1) is 16.6 Å². The lowest BCUT2D eigenvalue weighted by molar-refractivity contribution is 0.195. The third kappa shape index (κ3) is 6.47. The first-order chi connectivity index (χ1) is 13.3. The topological polar surface area (TPSA) is 88.5 Å². The van der Waals surface area contributed by atoms with Crippen LogP contribution in [0, 0.1) is 0 Å². The summed E-state index contributed by atoms with van der Waals surface area (Å²) in [6, 6.07) is 5.38. The molecule has 0 aliphatic carbocycles. The zero-order chi connectivity index (χ0) is 22.0. The molecular weight excluding hydrogens is 453 g/mol. The molecule has 1 heterocycles. The number of carbonyl (C=O) groups is 1. The van der Waals surface area contributed by atoms with Gasteiger partial charge in [0.2, 0.25) is 0 Å². The summed E-state index contributed by atoms with van der Waals surface area (Å²) in [6.07, 6.45) is 1.10. The van der Waals surface area contributed by atoms with Crippen LogP contribution in [0.4, 0.5) is 9.93 Å². The summed E-state index contributed by atoms with van der Waals surface area (Å²) in [7, 11) is 0. The van der Waals surface area contributed by atoms with Crippen molar-refractivity contribution in [2.24, 2.45) is 0 Å². The Bertz CT molecular complexity index is 869. The predicted octanol–water partition coefficient (Wildman–Crippen LogP) is 5.51. The van der Waals surface area contributed by atoms with Crippen molar-refractivity contribution in [3.8, 4) is 0 Å². The quantitative estimate of drug-likeness (QED) is 0.513. The van der Waals surface area contributed by atoms with E-state index in [0.717, 1.165) is 10.4 Å². The second-order valence-corrected chi connectivity index (χ2v) is 12.0. The zero-order valence-electron chi connectivity index (χ0n) is 17.0. The van der Waals surface area contributed by atoms with Gasteiger partial charge < -0.3 is 9.66 Å². The van der Waals surface area contributed by atoms with Gasteiger partial charge in [-0.3, -0.25) is 0 Å². The van der Waals surface area contributed by atoms with E-state index in [0.29, 0.717) is 28.1 Å². The lowest BCUT2D eigenvalue weighted by Gasteiger charge is -2.30. The van der Waals surface area contributed by atoms with E-state index in [-0.39, 0.29) is 0 Å². The van der Waals surface area contributed by atoms with Crippen molar-refractivity contribution in [2.75, 3.05) is 4.90 Å². The first-order valence-electron chi connectivity index (χ1n) is 8.88. The highest BCUT2D eigenvalue weighted by Gasteiger charge is 2.34. The monoisotopic (exact) mass is 477 g/mol. The zero-order valence-corrected chi connectivity index (χ0v) is 20.1. The molecule has 0 bridgehead atoms. The maximum absolute atomic E-state index is 12.8. The van der Waals surface area contributed by atoms with E-state index in [9.17, 15) is 14.5 Å². The lowest BCUT2D eigenvalue weighted by atomic mass is 10.0. The molecule has 10 heteroatoms. The molecule has 0 radical (unpaired) electrons. The highest BCUT2D eigenvalue weighted by molar-refractivity contribution is 7.90. The van der Waals surface area contributed by atoms with E-state index in [4.69, 9.17) is 23.2 Å². The fourth-order valence-electron chi connectivity index (χ4n) is 2.68. The maximum Gasteiger partial charge on any atom is 0.414 e. The van der Waals surface area contributed by atoms with E-state index in [1.165, 1.54) is 16.2 Å². The van der Waals surface area contributed by atoms with Crippen molar-refractivity contribution >= 4 is 57.1 Å². The van der Waals surface area contributed by atoms with Crippen LogP contribution in [0.1, 0.15) is 45.1 Å². The van der Waals surface area contributed by atoms with Gasteiger partial charge in [-0.25, -0.2) is 14.7 Å². The molecule has 2 aromatic rings. The standard InChI is InChI=1S/C19H25Cl2N3O3S2/c1-18(2,3)24(17(25)26)16-22-10-13(28-16)11-23-29(27)19(4,5)9-12-6-7-14(20)15(21)8-12/h6-8,10,23H,9,11H2,1-5H3,(H,25,26)/t29-/m1/s1. The average molecular weight is 478 g/mol. The third-order valence-corrected chi connectivity index (χ3v) is 7.36. The van der Waals surface area contributed by atoms with Crippen LogP contribution < -0.4 is 9.62 Å². The minimum absolute atomic E-state index is 0.326. The van der Waals surface area contributed by atoms with Crippen LogP contribution in [0.5, 0.6) is 0 Å². The minimum Gasteiger partial charge on any atom is -0.598 e. The Morgan fingerprint density at radius 2 is 1.93 bits per heavy atom. The van der Waals surface area contributed by atoms with Crippen molar-refractivity contribution < 1.29 is 14.5 Å². The molecule has 2 N–H and O–H groups in total. The summed E-state index contributed by atoms with van der Waals surface area (Å²) in [5.74, 6) is 0. The number of hydrogen-bond donors (Lipinski definition) is 2. The Morgan fingerprint density at radius 3 is 2.48 bits per heavy atom. The Hall–Kier alpha value is -1.03. The van der Waals surface area contributed by atoms with Crippen LogP contribution in [-0.2, 0) is 24.3 Å². The molecule has 29 heavy (non-hydrogen) atoms. The molecule has 1 aromatic carbocycles. The smallest absolute Gasteiger partial charge is 0.414 e. The van der Waals surface area contributed by atoms with Crippen LogP contribution in [0.15, 0.2) is 24.4 Å². The van der Waals surface area contributed by atoms with E-state index < -0.39 is 27.7 Å².